The standard InChI is InChI=1S/C22H30N4O2/c1-16-17(2)23-21(24-22(16)26-11-13-28-14-12-26)18-7-9-25(10-8-18)15-19-5-3-4-6-20(19)27/h3-6,18,27H,7-15H2,1-2H3. The van der Waals surface area contributed by atoms with Crippen LogP contribution < -0.4 is 4.90 Å². The van der Waals surface area contributed by atoms with Crippen molar-refractivity contribution < 1.29 is 9.84 Å². The molecule has 0 bridgehead atoms. The zero-order valence-electron chi connectivity index (χ0n) is 16.9. The molecule has 0 amide bonds. The molecule has 0 radical (unpaired) electrons. The number of benzene rings is 1. The quantitative estimate of drug-likeness (QED) is 0.877. The number of hydrogen-bond acceptors (Lipinski definition) is 6. The van der Waals surface area contributed by atoms with Gasteiger partial charge in [0.25, 0.3) is 0 Å². The van der Waals surface area contributed by atoms with Gasteiger partial charge in [0.05, 0.1) is 13.2 Å². The lowest BCUT2D eigenvalue weighted by molar-refractivity contribution is 0.122. The van der Waals surface area contributed by atoms with Crippen molar-refractivity contribution in [1.82, 2.24) is 14.9 Å². The first-order valence-electron chi connectivity index (χ1n) is 10.3. The number of piperidine rings is 1. The van der Waals surface area contributed by atoms with Gasteiger partial charge in [-0.2, -0.15) is 0 Å². The smallest absolute Gasteiger partial charge is 0.135 e. The van der Waals surface area contributed by atoms with E-state index in [1.165, 1.54) is 5.56 Å². The maximum Gasteiger partial charge on any atom is 0.135 e. The second-order valence-corrected chi connectivity index (χ2v) is 7.89. The van der Waals surface area contributed by atoms with Crippen molar-refractivity contribution in [2.24, 2.45) is 0 Å². The van der Waals surface area contributed by atoms with Crippen molar-refractivity contribution in [3.8, 4) is 5.75 Å². The van der Waals surface area contributed by atoms with Crippen LogP contribution >= 0.6 is 0 Å². The monoisotopic (exact) mass is 382 g/mol. The van der Waals surface area contributed by atoms with Gasteiger partial charge < -0.3 is 14.7 Å². The van der Waals surface area contributed by atoms with E-state index in [2.05, 4.69) is 23.6 Å². The second kappa shape index (κ2) is 8.45. The summed E-state index contributed by atoms with van der Waals surface area (Å²) in [5.41, 5.74) is 3.27. The normalized spacial score (nSPS) is 19.1. The molecule has 2 saturated heterocycles. The van der Waals surface area contributed by atoms with Crippen molar-refractivity contribution in [1.29, 1.82) is 0 Å². The highest BCUT2D eigenvalue weighted by molar-refractivity contribution is 5.49. The summed E-state index contributed by atoms with van der Waals surface area (Å²) in [4.78, 5) is 14.6. The van der Waals surface area contributed by atoms with E-state index in [1.54, 1.807) is 6.07 Å². The first-order valence-corrected chi connectivity index (χ1v) is 10.3. The van der Waals surface area contributed by atoms with Crippen LogP contribution in [0.4, 0.5) is 5.82 Å². The number of para-hydroxylation sites is 1. The molecule has 1 aromatic heterocycles. The number of ether oxygens (including phenoxy) is 1. The minimum absolute atomic E-state index is 0.386. The van der Waals surface area contributed by atoms with Crippen LogP contribution in [0.2, 0.25) is 0 Å². The van der Waals surface area contributed by atoms with Crippen LogP contribution in [0.15, 0.2) is 24.3 Å². The highest BCUT2D eigenvalue weighted by Gasteiger charge is 2.26. The Morgan fingerprint density at radius 3 is 2.46 bits per heavy atom. The Morgan fingerprint density at radius 1 is 1.04 bits per heavy atom. The SMILES string of the molecule is Cc1nc(C2CCN(Cc3ccccc3O)CC2)nc(N2CCOCC2)c1C. The van der Waals surface area contributed by atoms with Crippen LogP contribution in [0.3, 0.4) is 0 Å². The van der Waals surface area contributed by atoms with Crippen molar-refractivity contribution in [3.05, 3.63) is 46.9 Å². The van der Waals surface area contributed by atoms with E-state index in [0.717, 1.165) is 81.7 Å². The highest BCUT2D eigenvalue weighted by Crippen LogP contribution is 2.30. The van der Waals surface area contributed by atoms with E-state index >= 15 is 0 Å². The third kappa shape index (κ3) is 4.13. The van der Waals surface area contributed by atoms with E-state index in [-0.39, 0.29) is 0 Å². The largest absolute Gasteiger partial charge is 0.508 e. The number of nitrogens with zero attached hydrogens (tertiary/aromatic N) is 4. The van der Waals surface area contributed by atoms with Crippen molar-refractivity contribution in [3.63, 3.8) is 0 Å². The summed E-state index contributed by atoms with van der Waals surface area (Å²) >= 11 is 0. The summed E-state index contributed by atoms with van der Waals surface area (Å²) in [6.45, 7) is 10.4. The van der Waals surface area contributed by atoms with Gasteiger partial charge in [0, 0.05) is 42.4 Å². The number of phenolic OH excluding ortho intramolecular Hbond substituents is 1. The summed E-state index contributed by atoms with van der Waals surface area (Å²) in [6.07, 6.45) is 2.11. The van der Waals surface area contributed by atoms with E-state index < -0.39 is 0 Å². The zero-order valence-corrected chi connectivity index (χ0v) is 16.9. The molecule has 2 aliphatic heterocycles. The average Bonchev–Trinajstić information content (AvgIpc) is 2.73. The van der Waals surface area contributed by atoms with Crippen LogP contribution in [0, 0.1) is 13.8 Å². The van der Waals surface area contributed by atoms with Gasteiger partial charge in [-0.05, 0) is 45.8 Å². The van der Waals surface area contributed by atoms with Gasteiger partial charge in [0.2, 0.25) is 0 Å². The number of rotatable bonds is 4. The summed E-state index contributed by atoms with van der Waals surface area (Å²) in [7, 11) is 0. The predicted octanol–water partition coefficient (Wildman–Crippen LogP) is 3.02. The maximum atomic E-state index is 10.0. The minimum Gasteiger partial charge on any atom is -0.508 e. The van der Waals surface area contributed by atoms with Gasteiger partial charge in [-0.15, -0.1) is 0 Å². The van der Waals surface area contributed by atoms with Crippen LogP contribution in [0.1, 0.15) is 41.4 Å². The third-order valence-electron chi connectivity index (χ3n) is 6.03. The lowest BCUT2D eigenvalue weighted by atomic mass is 9.95. The molecule has 2 fully saturated rings. The van der Waals surface area contributed by atoms with Gasteiger partial charge in [-0.3, -0.25) is 4.90 Å². The number of likely N-dealkylation sites (tertiary alicyclic amines) is 1. The van der Waals surface area contributed by atoms with E-state index in [4.69, 9.17) is 14.7 Å². The number of anilines is 1. The molecule has 28 heavy (non-hydrogen) atoms. The van der Waals surface area contributed by atoms with Crippen molar-refractivity contribution in [2.45, 2.75) is 39.2 Å². The molecule has 2 aliphatic rings. The van der Waals surface area contributed by atoms with E-state index in [9.17, 15) is 5.11 Å². The lowest BCUT2D eigenvalue weighted by Crippen LogP contribution is -2.38. The number of phenols is 1. The molecule has 0 saturated carbocycles. The van der Waals surface area contributed by atoms with Crippen LogP contribution in [-0.4, -0.2) is 59.4 Å². The first-order chi connectivity index (χ1) is 13.6. The molecule has 0 aliphatic carbocycles. The molecule has 2 aromatic rings. The Labute approximate surface area is 167 Å². The Kier molecular flexibility index (Phi) is 5.78. The van der Waals surface area contributed by atoms with Crippen LogP contribution in [0.25, 0.3) is 0 Å². The molecule has 150 valence electrons. The summed E-state index contributed by atoms with van der Waals surface area (Å²) < 4.78 is 5.50. The Morgan fingerprint density at radius 2 is 1.75 bits per heavy atom. The van der Waals surface area contributed by atoms with Crippen LogP contribution in [0.5, 0.6) is 5.75 Å². The Hall–Kier alpha value is -2.18. The predicted molar refractivity (Wildman–Crippen MR) is 110 cm³/mol. The molecule has 0 spiro atoms. The molecule has 6 nitrogen and oxygen atoms in total. The van der Waals surface area contributed by atoms with Gasteiger partial charge in [-0.1, -0.05) is 18.2 Å². The topological polar surface area (TPSA) is 61.7 Å². The molecule has 0 unspecified atom stereocenters. The molecule has 6 heteroatoms. The number of aromatic nitrogens is 2. The number of aromatic hydroxyl groups is 1. The fraction of sp³-hybridized carbons (Fsp3) is 0.545. The zero-order chi connectivity index (χ0) is 19.5. The molecule has 0 atom stereocenters. The number of aryl methyl sites for hydroxylation is 1. The maximum absolute atomic E-state index is 10.0. The van der Waals surface area contributed by atoms with Gasteiger partial charge >= 0.3 is 0 Å². The second-order valence-electron chi connectivity index (χ2n) is 7.89. The molecule has 1 aromatic carbocycles. The van der Waals surface area contributed by atoms with E-state index in [0.29, 0.717) is 11.7 Å². The average molecular weight is 383 g/mol. The highest BCUT2D eigenvalue weighted by atomic mass is 16.5. The van der Waals surface area contributed by atoms with Crippen LogP contribution in [-0.2, 0) is 11.3 Å². The fourth-order valence-electron chi connectivity index (χ4n) is 4.14. The van der Waals surface area contributed by atoms with Gasteiger partial charge in [0.1, 0.15) is 17.4 Å². The molecule has 3 heterocycles. The molecular formula is C22H30N4O2. The van der Waals surface area contributed by atoms with Crippen molar-refractivity contribution >= 4 is 5.82 Å². The van der Waals surface area contributed by atoms with Gasteiger partial charge in [0.15, 0.2) is 0 Å². The Bertz CT molecular complexity index is 812. The van der Waals surface area contributed by atoms with E-state index in [1.807, 2.05) is 18.2 Å². The summed E-state index contributed by atoms with van der Waals surface area (Å²) in [5, 5.41) is 10.0. The Balaban J connectivity index is 1.44. The van der Waals surface area contributed by atoms with Gasteiger partial charge in [-0.25, -0.2) is 9.97 Å². The number of morpholine rings is 1. The fourth-order valence-corrected chi connectivity index (χ4v) is 4.14. The summed E-state index contributed by atoms with van der Waals surface area (Å²) in [5.74, 6) is 2.87. The molecule has 4 rings (SSSR count). The summed E-state index contributed by atoms with van der Waals surface area (Å²) in [6, 6.07) is 7.62. The first kappa shape index (κ1) is 19.2. The third-order valence-corrected chi connectivity index (χ3v) is 6.03. The number of hydrogen-bond donors (Lipinski definition) is 1. The minimum atomic E-state index is 0.386. The molecular weight excluding hydrogens is 352 g/mol. The van der Waals surface area contributed by atoms with Crippen molar-refractivity contribution in [2.75, 3.05) is 44.3 Å². The molecule has 1 N–H and O–H groups in total. The lowest BCUT2D eigenvalue weighted by Gasteiger charge is -2.33.